The van der Waals surface area contributed by atoms with Crippen molar-refractivity contribution in [3.8, 4) is 0 Å². The minimum Gasteiger partial charge on any atom is -0.337 e. The van der Waals surface area contributed by atoms with E-state index in [0.29, 0.717) is 18.0 Å². The zero-order valence-electron chi connectivity index (χ0n) is 18.7. The van der Waals surface area contributed by atoms with Crippen LogP contribution in [0.5, 0.6) is 0 Å². The van der Waals surface area contributed by atoms with Crippen LogP contribution in [0.3, 0.4) is 0 Å². The Labute approximate surface area is 174 Å². The standard InChI is InChI=1S/C25H46N2O/c1-2-3-4-5-6-7-8-9-10-16-21-27-23-18-13-12-17-22(23)26-25(24(27)28)19-14-11-15-20-25/h22-23,26H,2-21H2,1H3. The second-order valence-electron chi connectivity index (χ2n) is 9.93. The summed E-state index contributed by atoms with van der Waals surface area (Å²) in [5.74, 6) is 0.464. The van der Waals surface area contributed by atoms with Gasteiger partial charge in [-0.15, -0.1) is 0 Å². The number of rotatable bonds is 11. The molecule has 3 fully saturated rings. The first kappa shape index (κ1) is 22.1. The van der Waals surface area contributed by atoms with Gasteiger partial charge >= 0.3 is 0 Å². The van der Waals surface area contributed by atoms with Gasteiger partial charge in [0.15, 0.2) is 0 Å². The molecule has 2 unspecified atom stereocenters. The summed E-state index contributed by atoms with van der Waals surface area (Å²) in [7, 11) is 0. The average molecular weight is 391 g/mol. The Balaban J connectivity index is 1.41. The molecule has 2 atom stereocenters. The molecule has 3 rings (SSSR count). The lowest BCUT2D eigenvalue weighted by Gasteiger charge is -2.54. The zero-order chi connectivity index (χ0) is 19.7. The molecule has 1 N–H and O–H groups in total. The number of carbonyl (C=O) groups is 1. The molecule has 0 aromatic carbocycles. The predicted molar refractivity (Wildman–Crippen MR) is 119 cm³/mol. The van der Waals surface area contributed by atoms with Crippen LogP contribution in [0.25, 0.3) is 0 Å². The number of hydrogen-bond acceptors (Lipinski definition) is 2. The summed E-state index contributed by atoms with van der Waals surface area (Å²) in [6, 6.07) is 1.04. The molecule has 3 heteroatoms. The van der Waals surface area contributed by atoms with E-state index in [4.69, 9.17) is 0 Å². The fraction of sp³-hybridized carbons (Fsp3) is 0.960. The Kier molecular flexibility index (Phi) is 9.14. The molecule has 3 nitrogen and oxygen atoms in total. The van der Waals surface area contributed by atoms with Gasteiger partial charge in [-0.05, 0) is 32.1 Å². The third kappa shape index (κ3) is 5.74. The molecule has 28 heavy (non-hydrogen) atoms. The van der Waals surface area contributed by atoms with Gasteiger partial charge < -0.3 is 4.90 Å². The molecule has 162 valence electrons. The number of fused-ring (bicyclic) bond motifs is 1. The van der Waals surface area contributed by atoms with Crippen molar-refractivity contribution in [3.63, 3.8) is 0 Å². The first-order valence-electron chi connectivity index (χ1n) is 12.9. The normalized spacial score (nSPS) is 27.2. The maximum atomic E-state index is 13.5. The van der Waals surface area contributed by atoms with E-state index in [1.165, 1.54) is 109 Å². The highest BCUT2D eigenvalue weighted by Crippen LogP contribution is 2.38. The summed E-state index contributed by atoms with van der Waals surface area (Å²) < 4.78 is 0. The molecule has 1 saturated heterocycles. The van der Waals surface area contributed by atoms with Crippen LogP contribution in [-0.4, -0.2) is 35.0 Å². The lowest BCUT2D eigenvalue weighted by molar-refractivity contribution is -0.151. The van der Waals surface area contributed by atoms with Crippen LogP contribution in [0, 0.1) is 0 Å². The minimum atomic E-state index is -0.199. The highest BCUT2D eigenvalue weighted by Gasteiger charge is 2.51. The Morgan fingerprint density at radius 2 is 1.43 bits per heavy atom. The van der Waals surface area contributed by atoms with Crippen LogP contribution in [0.15, 0.2) is 0 Å². The largest absolute Gasteiger partial charge is 0.337 e. The highest BCUT2D eigenvalue weighted by molar-refractivity contribution is 5.88. The van der Waals surface area contributed by atoms with Crippen molar-refractivity contribution in [1.82, 2.24) is 10.2 Å². The van der Waals surface area contributed by atoms with Crippen LogP contribution in [0.2, 0.25) is 0 Å². The number of unbranched alkanes of at least 4 members (excludes halogenated alkanes) is 9. The Morgan fingerprint density at radius 1 is 0.821 bits per heavy atom. The van der Waals surface area contributed by atoms with Gasteiger partial charge in [0.05, 0.1) is 5.54 Å². The topological polar surface area (TPSA) is 32.3 Å². The van der Waals surface area contributed by atoms with Crippen molar-refractivity contribution < 1.29 is 4.79 Å². The Bertz CT molecular complexity index is 457. The molecule has 2 aliphatic carbocycles. The van der Waals surface area contributed by atoms with Crippen molar-refractivity contribution in [2.24, 2.45) is 0 Å². The van der Waals surface area contributed by atoms with Crippen LogP contribution in [-0.2, 0) is 4.79 Å². The van der Waals surface area contributed by atoms with Gasteiger partial charge in [0.2, 0.25) is 5.91 Å². The second-order valence-corrected chi connectivity index (χ2v) is 9.93. The highest BCUT2D eigenvalue weighted by atomic mass is 16.2. The quantitative estimate of drug-likeness (QED) is 0.417. The molecule has 2 saturated carbocycles. The molecular weight excluding hydrogens is 344 g/mol. The lowest BCUT2D eigenvalue weighted by Crippen LogP contribution is -2.72. The fourth-order valence-corrected chi connectivity index (χ4v) is 6.05. The Hall–Kier alpha value is -0.570. The van der Waals surface area contributed by atoms with Crippen molar-refractivity contribution in [1.29, 1.82) is 0 Å². The van der Waals surface area contributed by atoms with Gasteiger partial charge in [0.25, 0.3) is 0 Å². The minimum absolute atomic E-state index is 0.199. The third-order valence-electron chi connectivity index (χ3n) is 7.72. The monoisotopic (exact) mass is 390 g/mol. The maximum Gasteiger partial charge on any atom is 0.243 e. The van der Waals surface area contributed by atoms with E-state index in [-0.39, 0.29) is 5.54 Å². The van der Waals surface area contributed by atoms with E-state index in [9.17, 15) is 4.79 Å². The van der Waals surface area contributed by atoms with Crippen molar-refractivity contribution in [2.45, 2.75) is 147 Å². The van der Waals surface area contributed by atoms with Gasteiger partial charge in [-0.1, -0.05) is 96.8 Å². The van der Waals surface area contributed by atoms with Crippen LogP contribution in [0.4, 0.5) is 0 Å². The molecule has 0 radical (unpaired) electrons. The first-order chi connectivity index (χ1) is 13.8. The van der Waals surface area contributed by atoms with Gasteiger partial charge in [-0.3, -0.25) is 10.1 Å². The number of hydrogen-bond donors (Lipinski definition) is 1. The Morgan fingerprint density at radius 3 is 2.11 bits per heavy atom. The molecular formula is C25H46N2O. The molecule has 1 heterocycles. The molecule has 0 aromatic rings. The molecule has 0 bridgehead atoms. The van der Waals surface area contributed by atoms with E-state index in [2.05, 4.69) is 17.1 Å². The van der Waals surface area contributed by atoms with Crippen molar-refractivity contribution in [2.75, 3.05) is 6.54 Å². The summed E-state index contributed by atoms with van der Waals surface area (Å²) >= 11 is 0. The first-order valence-corrected chi connectivity index (χ1v) is 12.9. The summed E-state index contributed by atoms with van der Waals surface area (Å²) in [5, 5.41) is 3.90. The smallest absolute Gasteiger partial charge is 0.243 e. The van der Waals surface area contributed by atoms with Gasteiger partial charge in [-0.2, -0.15) is 0 Å². The number of piperazine rings is 1. The SMILES string of the molecule is CCCCCCCCCCCCN1C(=O)C2(CCCCC2)NC2CCCCC21. The van der Waals surface area contributed by atoms with E-state index < -0.39 is 0 Å². The summed E-state index contributed by atoms with van der Waals surface area (Å²) in [5.41, 5.74) is -0.199. The zero-order valence-corrected chi connectivity index (χ0v) is 18.7. The van der Waals surface area contributed by atoms with Crippen LogP contribution in [0.1, 0.15) is 129 Å². The molecule has 1 spiro atoms. The van der Waals surface area contributed by atoms with E-state index in [1.54, 1.807) is 0 Å². The molecule has 3 aliphatic rings. The predicted octanol–water partition coefficient (Wildman–Crippen LogP) is 6.35. The number of amides is 1. The summed E-state index contributed by atoms with van der Waals surface area (Å²) in [6.07, 6.45) is 24.7. The van der Waals surface area contributed by atoms with Crippen LogP contribution < -0.4 is 5.32 Å². The second kappa shape index (κ2) is 11.6. The van der Waals surface area contributed by atoms with Gasteiger partial charge in [0.1, 0.15) is 0 Å². The number of nitrogens with zero attached hydrogens (tertiary/aromatic N) is 1. The maximum absolute atomic E-state index is 13.5. The van der Waals surface area contributed by atoms with Gasteiger partial charge in [0, 0.05) is 18.6 Å². The number of carbonyl (C=O) groups excluding carboxylic acids is 1. The third-order valence-corrected chi connectivity index (χ3v) is 7.72. The van der Waals surface area contributed by atoms with Crippen molar-refractivity contribution >= 4 is 5.91 Å². The van der Waals surface area contributed by atoms with Crippen LogP contribution >= 0.6 is 0 Å². The van der Waals surface area contributed by atoms with Gasteiger partial charge in [-0.25, -0.2) is 0 Å². The van der Waals surface area contributed by atoms with E-state index >= 15 is 0 Å². The molecule has 1 amide bonds. The van der Waals surface area contributed by atoms with E-state index in [1.807, 2.05) is 0 Å². The summed E-state index contributed by atoms with van der Waals surface area (Å²) in [4.78, 5) is 15.9. The van der Waals surface area contributed by atoms with E-state index in [0.717, 1.165) is 19.4 Å². The lowest BCUT2D eigenvalue weighted by atomic mass is 9.74. The number of nitrogens with one attached hydrogen (secondary N) is 1. The summed E-state index contributed by atoms with van der Waals surface area (Å²) in [6.45, 7) is 3.30. The molecule has 0 aromatic heterocycles. The molecule has 1 aliphatic heterocycles. The van der Waals surface area contributed by atoms with Crippen molar-refractivity contribution in [3.05, 3.63) is 0 Å². The fourth-order valence-electron chi connectivity index (χ4n) is 6.05. The average Bonchev–Trinajstić information content (AvgIpc) is 2.72.